The molecule has 0 amide bonds. The molecule has 0 radical (unpaired) electrons. The highest BCUT2D eigenvalue weighted by Crippen LogP contribution is 2.14. The van der Waals surface area contributed by atoms with Crippen LogP contribution in [0.25, 0.3) is 0 Å². The van der Waals surface area contributed by atoms with E-state index in [-0.39, 0.29) is 0 Å². The molecule has 14 heavy (non-hydrogen) atoms. The molecule has 1 aromatic rings. The van der Waals surface area contributed by atoms with Crippen LogP contribution in [0.1, 0.15) is 12.5 Å². The Labute approximate surface area is 85.4 Å². The van der Waals surface area contributed by atoms with Gasteiger partial charge in [0.2, 0.25) is 10.0 Å². The molecule has 0 atom stereocenters. The lowest BCUT2D eigenvalue weighted by Crippen LogP contribution is -2.26. The number of nitrogens with zero attached hydrogens (tertiary/aromatic N) is 1. The smallest absolute Gasteiger partial charge is 0.207 e. The van der Waals surface area contributed by atoms with E-state index in [2.05, 4.69) is 0 Å². The lowest BCUT2D eigenvalue weighted by Gasteiger charge is -2.14. The van der Waals surface area contributed by atoms with E-state index >= 15 is 0 Å². The molecule has 0 saturated heterocycles. The third-order valence-electron chi connectivity index (χ3n) is 2.14. The molecule has 0 aliphatic heterocycles. The molecule has 78 valence electrons. The van der Waals surface area contributed by atoms with Gasteiger partial charge in [-0.3, -0.25) is 0 Å². The highest BCUT2D eigenvalue weighted by Gasteiger charge is 2.18. The maximum Gasteiger partial charge on any atom is 0.242 e. The largest absolute Gasteiger partial charge is 0.242 e. The van der Waals surface area contributed by atoms with Crippen LogP contribution in [0.2, 0.25) is 0 Å². The summed E-state index contributed by atoms with van der Waals surface area (Å²) >= 11 is 0. The van der Waals surface area contributed by atoms with Crippen molar-refractivity contribution >= 4 is 10.0 Å². The minimum atomic E-state index is -3.28. The van der Waals surface area contributed by atoms with Crippen molar-refractivity contribution < 1.29 is 8.42 Å². The Morgan fingerprint density at radius 2 is 2.00 bits per heavy atom. The normalized spacial score (nSPS) is 12.0. The van der Waals surface area contributed by atoms with Crippen molar-refractivity contribution in [1.82, 2.24) is 4.31 Å². The molecule has 0 saturated carbocycles. The monoisotopic (exact) mass is 213 g/mol. The number of aryl methyl sites for hydroxylation is 1. The Bertz CT molecular complexity index is 412. The van der Waals surface area contributed by atoms with Gasteiger partial charge in [-0.15, -0.1) is 0 Å². The number of rotatable bonds is 3. The predicted molar refractivity (Wildman–Crippen MR) is 56.7 cm³/mol. The maximum absolute atomic E-state index is 11.8. The molecule has 0 unspecified atom stereocenters. The first-order chi connectivity index (χ1) is 6.48. The Balaban J connectivity index is 3.17. The summed E-state index contributed by atoms with van der Waals surface area (Å²) in [4.78, 5) is 0.363. The van der Waals surface area contributed by atoms with Crippen LogP contribution in [0.4, 0.5) is 0 Å². The zero-order chi connectivity index (χ0) is 10.8. The summed E-state index contributed by atoms with van der Waals surface area (Å²) in [6, 6.07) is 6.94. The average molecular weight is 213 g/mol. The fourth-order valence-corrected chi connectivity index (χ4v) is 2.41. The number of sulfonamides is 1. The topological polar surface area (TPSA) is 37.4 Å². The number of hydrogen-bond acceptors (Lipinski definition) is 2. The summed E-state index contributed by atoms with van der Waals surface area (Å²) < 4.78 is 25.0. The van der Waals surface area contributed by atoms with E-state index in [0.717, 1.165) is 5.56 Å². The lowest BCUT2D eigenvalue weighted by atomic mass is 10.2. The van der Waals surface area contributed by atoms with E-state index < -0.39 is 10.0 Å². The van der Waals surface area contributed by atoms with Crippen LogP contribution in [-0.2, 0) is 10.0 Å². The SMILES string of the molecule is CCN(C)S(=O)(=O)c1cccc(C)c1. The average Bonchev–Trinajstić information content (AvgIpc) is 2.16. The highest BCUT2D eigenvalue weighted by atomic mass is 32.2. The van der Waals surface area contributed by atoms with Gasteiger partial charge in [-0.25, -0.2) is 12.7 Å². The van der Waals surface area contributed by atoms with E-state index in [9.17, 15) is 8.42 Å². The minimum absolute atomic E-state index is 0.363. The minimum Gasteiger partial charge on any atom is -0.207 e. The second-order valence-corrected chi connectivity index (χ2v) is 5.28. The molecule has 1 aromatic carbocycles. The van der Waals surface area contributed by atoms with Gasteiger partial charge in [0.1, 0.15) is 0 Å². The molecule has 3 nitrogen and oxygen atoms in total. The molecule has 0 spiro atoms. The van der Waals surface area contributed by atoms with Crippen LogP contribution in [0.3, 0.4) is 0 Å². The van der Waals surface area contributed by atoms with Crippen molar-refractivity contribution in [2.45, 2.75) is 18.7 Å². The van der Waals surface area contributed by atoms with Gasteiger partial charge in [0.15, 0.2) is 0 Å². The van der Waals surface area contributed by atoms with E-state index in [1.165, 1.54) is 4.31 Å². The first-order valence-corrected chi connectivity index (χ1v) is 5.95. The van der Waals surface area contributed by atoms with E-state index in [0.29, 0.717) is 11.4 Å². The predicted octanol–water partition coefficient (Wildman–Crippen LogP) is 1.64. The standard InChI is InChI=1S/C10H15NO2S/c1-4-11(3)14(12,13)10-7-5-6-9(2)8-10/h5-8H,4H2,1-3H3. The summed E-state index contributed by atoms with van der Waals surface area (Å²) in [5, 5.41) is 0. The van der Waals surface area contributed by atoms with Gasteiger partial charge in [-0.05, 0) is 24.6 Å². The van der Waals surface area contributed by atoms with Gasteiger partial charge < -0.3 is 0 Å². The van der Waals surface area contributed by atoms with Crippen molar-refractivity contribution in [3.63, 3.8) is 0 Å². The van der Waals surface area contributed by atoms with Crippen LogP contribution in [-0.4, -0.2) is 26.3 Å². The first-order valence-electron chi connectivity index (χ1n) is 4.51. The molecule has 0 heterocycles. The fraction of sp³-hybridized carbons (Fsp3) is 0.400. The molecule has 0 aromatic heterocycles. The third-order valence-corrected chi connectivity index (χ3v) is 4.07. The van der Waals surface area contributed by atoms with Gasteiger partial charge in [-0.1, -0.05) is 19.1 Å². The molecule has 0 aliphatic carbocycles. The fourth-order valence-electron chi connectivity index (χ4n) is 1.13. The van der Waals surface area contributed by atoms with Crippen LogP contribution in [0.5, 0.6) is 0 Å². The van der Waals surface area contributed by atoms with Gasteiger partial charge in [0, 0.05) is 13.6 Å². The summed E-state index contributed by atoms with van der Waals surface area (Å²) in [6.45, 7) is 4.18. The summed E-state index contributed by atoms with van der Waals surface area (Å²) in [5.41, 5.74) is 0.954. The zero-order valence-corrected chi connectivity index (χ0v) is 9.50. The van der Waals surface area contributed by atoms with Crippen molar-refractivity contribution in [2.24, 2.45) is 0 Å². The van der Waals surface area contributed by atoms with Crippen molar-refractivity contribution in [3.05, 3.63) is 29.8 Å². The van der Waals surface area contributed by atoms with Crippen LogP contribution >= 0.6 is 0 Å². The first kappa shape index (κ1) is 11.2. The maximum atomic E-state index is 11.8. The van der Waals surface area contributed by atoms with Crippen LogP contribution in [0, 0.1) is 6.92 Å². The Hall–Kier alpha value is -0.870. The summed E-state index contributed by atoms with van der Waals surface area (Å²) in [6.07, 6.45) is 0. The summed E-state index contributed by atoms with van der Waals surface area (Å²) in [7, 11) is -1.70. The molecule has 0 bridgehead atoms. The summed E-state index contributed by atoms with van der Waals surface area (Å²) in [5.74, 6) is 0. The number of hydrogen-bond donors (Lipinski definition) is 0. The van der Waals surface area contributed by atoms with Crippen molar-refractivity contribution in [3.8, 4) is 0 Å². The second-order valence-electron chi connectivity index (χ2n) is 3.24. The molecule has 0 fully saturated rings. The molecule has 0 aliphatic rings. The van der Waals surface area contributed by atoms with E-state index in [1.54, 1.807) is 25.2 Å². The Kier molecular flexibility index (Phi) is 3.29. The lowest BCUT2D eigenvalue weighted by molar-refractivity contribution is 0.486. The van der Waals surface area contributed by atoms with Crippen LogP contribution < -0.4 is 0 Å². The van der Waals surface area contributed by atoms with Gasteiger partial charge in [-0.2, -0.15) is 0 Å². The highest BCUT2D eigenvalue weighted by molar-refractivity contribution is 7.89. The van der Waals surface area contributed by atoms with Crippen molar-refractivity contribution in [1.29, 1.82) is 0 Å². The molecule has 4 heteroatoms. The van der Waals surface area contributed by atoms with E-state index in [4.69, 9.17) is 0 Å². The van der Waals surface area contributed by atoms with Gasteiger partial charge in [0.05, 0.1) is 4.90 Å². The van der Waals surface area contributed by atoms with Crippen LogP contribution in [0.15, 0.2) is 29.2 Å². The second kappa shape index (κ2) is 4.11. The van der Waals surface area contributed by atoms with E-state index in [1.807, 2.05) is 19.9 Å². The number of benzene rings is 1. The molecule has 0 N–H and O–H groups in total. The quantitative estimate of drug-likeness (QED) is 0.765. The molecule has 1 rings (SSSR count). The molecular formula is C10H15NO2S. The molecular weight excluding hydrogens is 198 g/mol. The van der Waals surface area contributed by atoms with Gasteiger partial charge >= 0.3 is 0 Å². The Morgan fingerprint density at radius 1 is 1.36 bits per heavy atom. The zero-order valence-electron chi connectivity index (χ0n) is 8.69. The van der Waals surface area contributed by atoms with Gasteiger partial charge in [0.25, 0.3) is 0 Å². The third kappa shape index (κ3) is 2.13. The van der Waals surface area contributed by atoms with Crippen molar-refractivity contribution in [2.75, 3.05) is 13.6 Å². The Morgan fingerprint density at radius 3 is 2.50 bits per heavy atom.